The van der Waals surface area contributed by atoms with E-state index in [1.165, 1.54) is 7.05 Å². The van der Waals surface area contributed by atoms with E-state index >= 15 is 0 Å². The van der Waals surface area contributed by atoms with E-state index in [1.807, 2.05) is 0 Å². The summed E-state index contributed by atoms with van der Waals surface area (Å²) < 4.78 is 0.832. The molecule has 2 N–H and O–H groups in total. The number of nitrogens with zero attached hydrogens (tertiary/aromatic N) is 1. The van der Waals surface area contributed by atoms with Gasteiger partial charge in [0.15, 0.2) is 0 Å². The van der Waals surface area contributed by atoms with Gasteiger partial charge in [-0.25, -0.2) is 4.79 Å². The molecule has 0 saturated heterocycles. The number of rotatable bonds is 2. The summed E-state index contributed by atoms with van der Waals surface area (Å²) in [6, 6.07) is 0. The van der Waals surface area contributed by atoms with Crippen LogP contribution < -0.4 is 11.2 Å². The van der Waals surface area contributed by atoms with Gasteiger partial charge in [-0.2, -0.15) is 0 Å². The highest BCUT2D eigenvalue weighted by Gasteiger charge is 2.07. The molecule has 0 aliphatic heterocycles. The molecular formula is C7H8N2O4. The van der Waals surface area contributed by atoms with Crippen molar-refractivity contribution in [1.82, 2.24) is 9.55 Å². The lowest BCUT2D eigenvalue weighted by molar-refractivity contribution is -0.136. The summed E-state index contributed by atoms with van der Waals surface area (Å²) in [5.41, 5.74) is -1.07. The van der Waals surface area contributed by atoms with E-state index in [0.29, 0.717) is 0 Å². The Labute approximate surface area is 72.5 Å². The minimum absolute atomic E-state index is 0.0644. The molecule has 0 aliphatic carbocycles. The highest BCUT2D eigenvalue weighted by molar-refractivity contribution is 5.69. The second-order valence-electron chi connectivity index (χ2n) is 2.55. The molecule has 0 radical (unpaired) electrons. The Morgan fingerprint density at radius 2 is 2.23 bits per heavy atom. The van der Waals surface area contributed by atoms with E-state index in [4.69, 9.17) is 5.11 Å². The average Bonchev–Trinajstić information content (AvgIpc) is 2.06. The van der Waals surface area contributed by atoms with Crippen LogP contribution in [0.25, 0.3) is 0 Å². The highest BCUT2D eigenvalue weighted by Crippen LogP contribution is 1.86. The van der Waals surface area contributed by atoms with E-state index in [-0.39, 0.29) is 12.0 Å². The predicted molar refractivity (Wildman–Crippen MR) is 43.6 cm³/mol. The van der Waals surface area contributed by atoms with E-state index in [0.717, 1.165) is 10.8 Å². The molecule has 0 atom stereocenters. The minimum atomic E-state index is -1.11. The van der Waals surface area contributed by atoms with Gasteiger partial charge < -0.3 is 10.1 Å². The number of aromatic amines is 1. The summed E-state index contributed by atoms with van der Waals surface area (Å²) in [4.78, 5) is 34.6. The summed E-state index contributed by atoms with van der Waals surface area (Å²) in [5.74, 6) is -1.11. The fourth-order valence-electron chi connectivity index (χ4n) is 0.905. The highest BCUT2D eigenvalue weighted by atomic mass is 16.4. The molecule has 0 fully saturated rings. The van der Waals surface area contributed by atoms with Gasteiger partial charge in [0.2, 0.25) is 0 Å². The van der Waals surface area contributed by atoms with Crippen LogP contribution in [0.2, 0.25) is 0 Å². The molecule has 1 aromatic heterocycles. The maximum absolute atomic E-state index is 11.2. The van der Waals surface area contributed by atoms with Crippen LogP contribution in [0.15, 0.2) is 15.8 Å². The second-order valence-corrected chi connectivity index (χ2v) is 2.55. The normalized spacial score (nSPS) is 9.92. The number of carboxylic acids is 1. The van der Waals surface area contributed by atoms with Crippen LogP contribution in [0.5, 0.6) is 0 Å². The van der Waals surface area contributed by atoms with Gasteiger partial charge in [-0.1, -0.05) is 0 Å². The Hall–Kier alpha value is -1.85. The van der Waals surface area contributed by atoms with Gasteiger partial charge in [0.25, 0.3) is 5.56 Å². The van der Waals surface area contributed by atoms with Gasteiger partial charge in [0.1, 0.15) is 0 Å². The van der Waals surface area contributed by atoms with Crippen molar-refractivity contribution in [2.45, 2.75) is 6.42 Å². The van der Waals surface area contributed by atoms with Gasteiger partial charge in [0.05, 0.1) is 6.42 Å². The van der Waals surface area contributed by atoms with Crippen molar-refractivity contribution in [3.05, 3.63) is 32.6 Å². The Balaban J connectivity index is 3.27. The summed E-state index contributed by atoms with van der Waals surface area (Å²) in [7, 11) is 1.28. The molecule has 6 heteroatoms. The monoisotopic (exact) mass is 184 g/mol. The number of hydrogen-bond acceptors (Lipinski definition) is 3. The van der Waals surface area contributed by atoms with Crippen molar-refractivity contribution in [2.24, 2.45) is 7.05 Å². The smallest absolute Gasteiger partial charge is 0.328 e. The fourth-order valence-corrected chi connectivity index (χ4v) is 0.905. The maximum Gasteiger partial charge on any atom is 0.328 e. The van der Waals surface area contributed by atoms with Crippen molar-refractivity contribution >= 4 is 5.97 Å². The molecule has 13 heavy (non-hydrogen) atoms. The largest absolute Gasteiger partial charge is 0.481 e. The predicted octanol–water partition coefficient (Wildman–Crippen LogP) is -1.30. The second kappa shape index (κ2) is 3.26. The first-order valence-corrected chi connectivity index (χ1v) is 3.51. The third kappa shape index (κ3) is 1.84. The summed E-state index contributed by atoms with van der Waals surface area (Å²) in [5, 5.41) is 8.41. The lowest BCUT2D eigenvalue weighted by Gasteiger charge is -1.98. The lowest BCUT2D eigenvalue weighted by atomic mass is 10.2. The zero-order valence-electron chi connectivity index (χ0n) is 6.90. The molecule has 0 aromatic carbocycles. The zero-order chi connectivity index (χ0) is 10.0. The minimum Gasteiger partial charge on any atom is -0.481 e. The first kappa shape index (κ1) is 9.24. The molecule has 0 aliphatic rings. The van der Waals surface area contributed by atoms with Crippen LogP contribution in [0.3, 0.4) is 0 Å². The number of carbonyl (C=O) groups is 1. The molecule has 0 unspecified atom stereocenters. The number of aliphatic carboxylic acids is 1. The third-order valence-electron chi connectivity index (χ3n) is 1.60. The Bertz CT molecular complexity index is 443. The van der Waals surface area contributed by atoms with Crippen molar-refractivity contribution in [1.29, 1.82) is 0 Å². The maximum atomic E-state index is 11.2. The van der Waals surface area contributed by atoms with E-state index in [1.54, 1.807) is 0 Å². The van der Waals surface area contributed by atoms with Gasteiger partial charge in [-0.15, -0.1) is 0 Å². The Kier molecular flexibility index (Phi) is 2.32. The number of carboxylic acid groups (broad SMARTS) is 1. The number of aromatic nitrogens is 2. The van der Waals surface area contributed by atoms with Crippen molar-refractivity contribution in [3.63, 3.8) is 0 Å². The van der Waals surface area contributed by atoms with Crippen LogP contribution in [0.1, 0.15) is 5.56 Å². The average molecular weight is 184 g/mol. The molecule has 6 nitrogen and oxygen atoms in total. The van der Waals surface area contributed by atoms with Crippen LogP contribution >= 0.6 is 0 Å². The first-order chi connectivity index (χ1) is 6.02. The molecule has 0 amide bonds. The molecule has 1 heterocycles. The van der Waals surface area contributed by atoms with E-state index < -0.39 is 17.2 Å². The van der Waals surface area contributed by atoms with E-state index in [9.17, 15) is 14.4 Å². The molecule has 0 bridgehead atoms. The molecular weight excluding hydrogens is 176 g/mol. The molecule has 0 saturated carbocycles. The van der Waals surface area contributed by atoms with Gasteiger partial charge >= 0.3 is 11.7 Å². The van der Waals surface area contributed by atoms with Crippen LogP contribution in [0, 0.1) is 0 Å². The van der Waals surface area contributed by atoms with Gasteiger partial charge in [-0.05, 0) is 0 Å². The zero-order valence-corrected chi connectivity index (χ0v) is 6.90. The topological polar surface area (TPSA) is 92.2 Å². The van der Waals surface area contributed by atoms with Crippen LogP contribution in [-0.4, -0.2) is 20.6 Å². The standard InChI is InChI=1S/C7H8N2O4/c1-9-6(12)4(2-5(10)11)3-8-7(9)13/h3H,2H2,1H3,(H,8,13)(H,10,11). The van der Waals surface area contributed by atoms with Crippen molar-refractivity contribution < 1.29 is 9.90 Å². The molecule has 0 spiro atoms. The summed E-state index contributed by atoms with van der Waals surface area (Å²) in [6.45, 7) is 0. The van der Waals surface area contributed by atoms with Crippen molar-refractivity contribution in [3.8, 4) is 0 Å². The van der Waals surface area contributed by atoms with Crippen LogP contribution in [-0.2, 0) is 18.3 Å². The number of H-pyrrole nitrogens is 1. The number of hydrogen-bond donors (Lipinski definition) is 2. The fraction of sp³-hybridized carbons (Fsp3) is 0.286. The lowest BCUT2D eigenvalue weighted by Crippen LogP contribution is -2.34. The Morgan fingerprint density at radius 1 is 1.62 bits per heavy atom. The summed E-state index contributed by atoms with van der Waals surface area (Å²) >= 11 is 0. The third-order valence-corrected chi connectivity index (χ3v) is 1.60. The van der Waals surface area contributed by atoms with Gasteiger partial charge in [-0.3, -0.25) is 14.2 Å². The number of nitrogens with one attached hydrogen (secondary N) is 1. The first-order valence-electron chi connectivity index (χ1n) is 3.51. The van der Waals surface area contributed by atoms with E-state index in [2.05, 4.69) is 4.98 Å². The van der Waals surface area contributed by atoms with Crippen molar-refractivity contribution in [2.75, 3.05) is 0 Å². The van der Waals surface area contributed by atoms with Gasteiger partial charge in [0, 0.05) is 18.8 Å². The molecule has 70 valence electrons. The van der Waals surface area contributed by atoms with Crippen LogP contribution in [0.4, 0.5) is 0 Å². The Morgan fingerprint density at radius 3 is 2.77 bits per heavy atom. The SMILES string of the molecule is Cn1c(=O)[nH]cc(CC(=O)O)c1=O. The summed E-state index contributed by atoms with van der Waals surface area (Å²) in [6.07, 6.45) is 0.738. The quantitative estimate of drug-likeness (QED) is 0.597. The molecule has 1 rings (SSSR count). The molecule has 1 aromatic rings.